The molecule has 0 fully saturated rings. The smallest absolute Gasteiger partial charge is 0.356 e. The van der Waals surface area contributed by atoms with Gasteiger partial charge in [0.2, 0.25) is 0 Å². The van der Waals surface area contributed by atoms with E-state index in [0.29, 0.717) is 9.65 Å². The van der Waals surface area contributed by atoms with Crippen LogP contribution < -0.4 is 0 Å². The molecule has 84 valence electrons. The number of hydrogen-bond donors (Lipinski definition) is 1. The molecule has 2 heterocycles. The number of aromatic nitrogens is 1. The van der Waals surface area contributed by atoms with Crippen molar-refractivity contribution in [1.29, 1.82) is 0 Å². The van der Waals surface area contributed by atoms with Gasteiger partial charge in [0, 0.05) is 9.75 Å². The van der Waals surface area contributed by atoms with Crippen LogP contribution in [0.15, 0.2) is 12.1 Å². The Morgan fingerprint density at radius 3 is 2.75 bits per heavy atom. The van der Waals surface area contributed by atoms with Gasteiger partial charge >= 0.3 is 5.97 Å². The molecular weight excluding hydrogens is 262 g/mol. The van der Waals surface area contributed by atoms with Crippen molar-refractivity contribution >= 4 is 40.9 Å². The van der Waals surface area contributed by atoms with Crippen LogP contribution in [-0.4, -0.2) is 18.1 Å². The zero-order valence-electron chi connectivity index (χ0n) is 8.70. The summed E-state index contributed by atoms with van der Waals surface area (Å²) in [5, 5.41) is 0. The highest BCUT2D eigenvalue weighted by Gasteiger charge is 2.17. The van der Waals surface area contributed by atoms with Crippen molar-refractivity contribution in [3.8, 4) is 9.75 Å². The lowest BCUT2D eigenvalue weighted by Gasteiger charge is -1.98. The fourth-order valence-electron chi connectivity index (χ4n) is 1.30. The van der Waals surface area contributed by atoms with E-state index in [2.05, 4.69) is 4.98 Å². The minimum Gasteiger partial charge on any atom is -0.464 e. The average molecular weight is 271 g/mol. The second-order valence-corrected chi connectivity index (χ2v) is 6.10. The highest BCUT2D eigenvalue weighted by Crippen LogP contribution is 2.34. The van der Waals surface area contributed by atoms with Crippen LogP contribution >= 0.6 is 34.9 Å². The summed E-state index contributed by atoms with van der Waals surface area (Å²) in [6.07, 6.45) is 0. The summed E-state index contributed by atoms with van der Waals surface area (Å²) in [5.74, 6) is -0.381. The van der Waals surface area contributed by atoms with Gasteiger partial charge in [-0.3, -0.25) is 0 Å². The van der Waals surface area contributed by atoms with Crippen LogP contribution in [0.5, 0.6) is 0 Å². The van der Waals surface area contributed by atoms with Crippen LogP contribution in [0.25, 0.3) is 9.75 Å². The third kappa shape index (κ3) is 2.09. The van der Waals surface area contributed by atoms with Gasteiger partial charge in [-0.05, 0) is 31.3 Å². The van der Waals surface area contributed by atoms with Crippen molar-refractivity contribution in [2.75, 3.05) is 7.11 Å². The summed E-state index contributed by atoms with van der Waals surface area (Å²) < 4.78 is 5.30. The number of nitrogens with one attached hydrogen (secondary N) is 1. The van der Waals surface area contributed by atoms with Gasteiger partial charge in [-0.1, -0.05) is 0 Å². The number of aryl methyl sites for hydroxylation is 1. The zero-order valence-corrected chi connectivity index (χ0v) is 11.1. The van der Waals surface area contributed by atoms with Crippen LogP contribution in [0, 0.1) is 10.9 Å². The Balaban J connectivity index is 2.56. The molecule has 0 unspecified atom stereocenters. The SMILES string of the molecule is COC(=O)c1[nH]c(=S)sc1-c1ccc(C)s1. The molecule has 0 aliphatic rings. The van der Waals surface area contributed by atoms with Crippen molar-refractivity contribution in [3.63, 3.8) is 0 Å². The van der Waals surface area contributed by atoms with E-state index in [1.54, 1.807) is 11.3 Å². The molecule has 0 aliphatic heterocycles. The number of methoxy groups -OCH3 is 1. The topological polar surface area (TPSA) is 42.1 Å². The van der Waals surface area contributed by atoms with Gasteiger partial charge in [0.1, 0.15) is 5.69 Å². The van der Waals surface area contributed by atoms with Crippen molar-refractivity contribution in [3.05, 3.63) is 26.7 Å². The second kappa shape index (κ2) is 4.48. The maximum Gasteiger partial charge on any atom is 0.356 e. The predicted octanol–water partition coefficient (Wildman–Crippen LogP) is 3.63. The minimum absolute atomic E-state index is 0.381. The van der Waals surface area contributed by atoms with Crippen molar-refractivity contribution in [2.45, 2.75) is 6.92 Å². The summed E-state index contributed by atoms with van der Waals surface area (Å²) in [5.41, 5.74) is 0.444. The third-order valence-electron chi connectivity index (χ3n) is 2.00. The van der Waals surface area contributed by atoms with E-state index < -0.39 is 0 Å². The molecule has 16 heavy (non-hydrogen) atoms. The van der Waals surface area contributed by atoms with Crippen LogP contribution in [-0.2, 0) is 4.74 Å². The molecule has 2 aromatic heterocycles. The lowest BCUT2D eigenvalue weighted by atomic mass is 10.3. The number of thiazole rings is 1. The first-order valence-corrected chi connectivity index (χ1v) is 6.54. The Bertz CT molecular complexity index is 579. The van der Waals surface area contributed by atoms with E-state index in [1.807, 2.05) is 19.1 Å². The number of H-pyrrole nitrogens is 1. The highest BCUT2D eigenvalue weighted by molar-refractivity contribution is 7.73. The molecule has 0 radical (unpaired) electrons. The number of aromatic amines is 1. The van der Waals surface area contributed by atoms with E-state index in [4.69, 9.17) is 17.0 Å². The van der Waals surface area contributed by atoms with Gasteiger partial charge in [-0.15, -0.1) is 22.7 Å². The molecule has 0 spiro atoms. The van der Waals surface area contributed by atoms with Gasteiger partial charge in [0.05, 0.1) is 12.0 Å². The summed E-state index contributed by atoms with van der Waals surface area (Å²) in [6.45, 7) is 2.03. The molecule has 1 N–H and O–H groups in total. The third-order valence-corrected chi connectivity index (χ3v) is 4.42. The monoisotopic (exact) mass is 271 g/mol. The number of hydrogen-bond acceptors (Lipinski definition) is 5. The van der Waals surface area contributed by atoms with Crippen LogP contribution in [0.1, 0.15) is 15.4 Å². The Labute approximate surface area is 106 Å². The summed E-state index contributed by atoms with van der Waals surface area (Å²) in [4.78, 5) is 17.5. The number of carbonyl (C=O) groups is 1. The Kier molecular flexibility index (Phi) is 3.22. The summed E-state index contributed by atoms with van der Waals surface area (Å²) >= 11 is 8.08. The van der Waals surface area contributed by atoms with Gasteiger partial charge in [-0.25, -0.2) is 4.79 Å². The Hall–Kier alpha value is -0.980. The minimum atomic E-state index is -0.381. The van der Waals surface area contributed by atoms with E-state index in [0.717, 1.165) is 9.75 Å². The van der Waals surface area contributed by atoms with Crippen LogP contribution in [0.3, 0.4) is 0 Å². The molecule has 6 heteroatoms. The Morgan fingerprint density at radius 2 is 2.19 bits per heavy atom. The first-order chi connectivity index (χ1) is 7.61. The van der Waals surface area contributed by atoms with E-state index >= 15 is 0 Å². The largest absolute Gasteiger partial charge is 0.464 e. The van der Waals surface area contributed by atoms with Crippen LogP contribution in [0.4, 0.5) is 0 Å². The standard InChI is InChI=1S/C10H9NO2S3/c1-5-3-4-6(15-5)8-7(9(12)13-2)11-10(14)16-8/h3-4H,1-2H3,(H,11,14). The van der Waals surface area contributed by atoms with Gasteiger partial charge in [0.15, 0.2) is 3.95 Å². The summed E-state index contributed by atoms with van der Waals surface area (Å²) in [7, 11) is 1.36. The lowest BCUT2D eigenvalue weighted by molar-refractivity contribution is 0.0596. The van der Waals surface area contributed by atoms with E-state index in [9.17, 15) is 4.79 Å². The molecule has 0 aromatic carbocycles. The van der Waals surface area contributed by atoms with Crippen molar-refractivity contribution < 1.29 is 9.53 Å². The molecule has 0 atom stereocenters. The molecule has 3 nitrogen and oxygen atoms in total. The number of rotatable bonds is 2. The van der Waals surface area contributed by atoms with Gasteiger partial charge in [-0.2, -0.15) is 0 Å². The fraction of sp³-hybridized carbons (Fsp3) is 0.200. The lowest BCUT2D eigenvalue weighted by Crippen LogP contribution is -2.02. The fourth-order valence-corrected chi connectivity index (χ4v) is 3.46. The number of thiophene rings is 1. The first-order valence-electron chi connectivity index (χ1n) is 4.50. The highest BCUT2D eigenvalue weighted by atomic mass is 32.1. The number of carbonyl (C=O) groups excluding carboxylic acids is 1. The van der Waals surface area contributed by atoms with Gasteiger partial charge < -0.3 is 9.72 Å². The van der Waals surface area contributed by atoms with E-state index in [1.165, 1.54) is 23.3 Å². The molecule has 2 aromatic rings. The van der Waals surface area contributed by atoms with Crippen molar-refractivity contribution in [1.82, 2.24) is 4.98 Å². The van der Waals surface area contributed by atoms with Crippen molar-refractivity contribution in [2.24, 2.45) is 0 Å². The number of ether oxygens (including phenoxy) is 1. The quantitative estimate of drug-likeness (QED) is 0.670. The molecular formula is C10H9NO2S3. The molecule has 0 saturated carbocycles. The number of esters is 1. The second-order valence-electron chi connectivity index (χ2n) is 3.12. The zero-order chi connectivity index (χ0) is 11.7. The molecule has 2 rings (SSSR count). The normalized spacial score (nSPS) is 10.4. The maximum atomic E-state index is 11.5. The predicted molar refractivity (Wildman–Crippen MR) is 68.9 cm³/mol. The molecule has 0 bridgehead atoms. The molecule has 0 aliphatic carbocycles. The molecule has 0 saturated heterocycles. The summed E-state index contributed by atoms with van der Waals surface area (Å²) in [6, 6.07) is 4.00. The molecule has 0 amide bonds. The first kappa shape index (κ1) is 11.5. The maximum absolute atomic E-state index is 11.5. The average Bonchev–Trinajstić information content (AvgIpc) is 2.83. The van der Waals surface area contributed by atoms with Crippen LogP contribution in [0.2, 0.25) is 0 Å². The van der Waals surface area contributed by atoms with Gasteiger partial charge in [0.25, 0.3) is 0 Å². The van der Waals surface area contributed by atoms with E-state index in [-0.39, 0.29) is 5.97 Å². The Morgan fingerprint density at radius 1 is 1.44 bits per heavy atom.